The Hall–Kier alpha value is -1.28. The van der Waals surface area contributed by atoms with Crippen molar-refractivity contribution < 1.29 is 0 Å². The van der Waals surface area contributed by atoms with Crippen molar-refractivity contribution in [3.63, 3.8) is 0 Å². The van der Waals surface area contributed by atoms with Crippen molar-refractivity contribution in [2.45, 2.75) is 59.0 Å². The quantitative estimate of drug-likeness (QED) is 0.798. The standard InChI is InChI=1S/C18H28N2/c1-4-6-14(3)13-20-10-9-16-8-7-15(12-18(16)20)11-17(19)5-2/h7-10,12,14,17H,4-6,11,13,19H2,1-3H3. The van der Waals surface area contributed by atoms with Gasteiger partial charge in [-0.15, -0.1) is 0 Å². The zero-order valence-corrected chi connectivity index (χ0v) is 13.1. The summed E-state index contributed by atoms with van der Waals surface area (Å²) in [4.78, 5) is 0. The van der Waals surface area contributed by atoms with E-state index in [1.165, 1.54) is 29.3 Å². The molecule has 1 heterocycles. The monoisotopic (exact) mass is 272 g/mol. The summed E-state index contributed by atoms with van der Waals surface area (Å²) in [5, 5.41) is 1.34. The van der Waals surface area contributed by atoms with Crippen LogP contribution in [0.1, 0.15) is 45.6 Å². The first-order valence-electron chi connectivity index (χ1n) is 7.97. The van der Waals surface area contributed by atoms with Gasteiger partial charge in [-0.2, -0.15) is 0 Å². The normalized spacial score (nSPS) is 14.6. The highest BCUT2D eigenvalue weighted by Gasteiger charge is 2.08. The predicted octanol–water partition coefficient (Wildman–Crippen LogP) is 4.36. The molecule has 1 aromatic carbocycles. The molecule has 2 rings (SSSR count). The lowest BCUT2D eigenvalue weighted by Gasteiger charge is -2.14. The molecule has 0 saturated heterocycles. The molecule has 110 valence electrons. The number of aromatic nitrogens is 1. The fraction of sp³-hybridized carbons (Fsp3) is 0.556. The maximum Gasteiger partial charge on any atom is 0.0483 e. The summed E-state index contributed by atoms with van der Waals surface area (Å²) in [6, 6.07) is 9.27. The molecule has 2 N–H and O–H groups in total. The molecule has 0 saturated carbocycles. The Morgan fingerprint density at radius 2 is 2.00 bits per heavy atom. The van der Waals surface area contributed by atoms with Gasteiger partial charge in [-0.05, 0) is 48.3 Å². The Morgan fingerprint density at radius 3 is 2.70 bits per heavy atom. The Labute approximate surface area is 123 Å². The molecule has 2 atom stereocenters. The van der Waals surface area contributed by atoms with Crippen molar-refractivity contribution >= 4 is 10.9 Å². The minimum Gasteiger partial charge on any atom is -0.347 e. The van der Waals surface area contributed by atoms with Gasteiger partial charge in [0, 0.05) is 24.3 Å². The first kappa shape index (κ1) is 15.1. The van der Waals surface area contributed by atoms with E-state index in [2.05, 4.69) is 55.8 Å². The molecular formula is C18H28N2. The van der Waals surface area contributed by atoms with E-state index in [0.717, 1.165) is 25.3 Å². The molecule has 2 aromatic rings. The van der Waals surface area contributed by atoms with Crippen LogP contribution in [0.2, 0.25) is 0 Å². The highest BCUT2D eigenvalue weighted by atomic mass is 15.0. The Morgan fingerprint density at radius 1 is 1.20 bits per heavy atom. The summed E-state index contributed by atoms with van der Waals surface area (Å²) in [7, 11) is 0. The van der Waals surface area contributed by atoms with E-state index in [9.17, 15) is 0 Å². The van der Waals surface area contributed by atoms with E-state index in [1.807, 2.05) is 0 Å². The second kappa shape index (κ2) is 6.94. The van der Waals surface area contributed by atoms with E-state index in [-0.39, 0.29) is 6.04 Å². The van der Waals surface area contributed by atoms with Crippen molar-refractivity contribution in [2.24, 2.45) is 11.7 Å². The van der Waals surface area contributed by atoms with Crippen LogP contribution in [0.3, 0.4) is 0 Å². The van der Waals surface area contributed by atoms with E-state index in [4.69, 9.17) is 5.73 Å². The van der Waals surface area contributed by atoms with Crippen molar-refractivity contribution in [2.75, 3.05) is 0 Å². The van der Waals surface area contributed by atoms with E-state index in [0.29, 0.717) is 0 Å². The van der Waals surface area contributed by atoms with Crippen LogP contribution in [0.25, 0.3) is 10.9 Å². The fourth-order valence-electron chi connectivity index (χ4n) is 2.88. The van der Waals surface area contributed by atoms with Crippen LogP contribution in [0, 0.1) is 5.92 Å². The summed E-state index contributed by atoms with van der Waals surface area (Å²) >= 11 is 0. The summed E-state index contributed by atoms with van der Waals surface area (Å²) in [6.07, 6.45) is 6.78. The van der Waals surface area contributed by atoms with Crippen LogP contribution in [-0.4, -0.2) is 10.6 Å². The van der Waals surface area contributed by atoms with Gasteiger partial charge in [-0.3, -0.25) is 0 Å². The van der Waals surface area contributed by atoms with Crippen LogP contribution >= 0.6 is 0 Å². The maximum absolute atomic E-state index is 6.08. The molecule has 0 amide bonds. The van der Waals surface area contributed by atoms with Crippen molar-refractivity contribution in [3.8, 4) is 0 Å². The molecule has 0 aliphatic carbocycles. The van der Waals surface area contributed by atoms with Crippen LogP contribution in [0.4, 0.5) is 0 Å². The van der Waals surface area contributed by atoms with Crippen LogP contribution < -0.4 is 5.73 Å². The zero-order chi connectivity index (χ0) is 14.5. The fourth-order valence-corrected chi connectivity index (χ4v) is 2.88. The number of hydrogen-bond acceptors (Lipinski definition) is 1. The van der Waals surface area contributed by atoms with Crippen molar-refractivity contribution in [1.82, 2.24) is 4.57 Å². The molecule has 2 nitrogen and oxygen atoms in total. The molecule has 20 heavy (non-hydrogen) atoms. The SMILES string of the molecule is CCCC(C)Cn1ccc2ccc(CC(N)CC)cc21. The number of nitrogens with zero attached hydrogens (tertiary/aromatic N) is 1. The van der Waals surface area contributed by atoms with Crippen molar-refractivity contribution in [3.05, 3.63) is 36.0 Å². The third-order valence-electron chi connectivity index (χ3n) is 4.15. The van der Waals surface area contributed by atoms with Crippen LogP contribution in [0.5, 0.6) is 0 Å². The minimum absolute atomic E-state index is 0.273. The number of fused-ring (bicyclic) bond motifs is 1. The third-order valence-corrected chi connectivity index (χ3v) is 4.15. The predicted molar refractivity (Wildman–Crippen MR) is 88.0 cm³/mol. The molecule has 0 aliphatic rings. The zero-order valence-electron chi connectivity index (χ0n) is 13.1. The molecule has 0 radical (unpaired) electrons. The van der Waals surface area contributed by atoms with Crippen LogP contribution in [-0.2, 0) is 13.0 Å². The number of benzene rings is 1. The molecular weight excluding hydrogens is 244 g/mol. The van der Waals surface area contributed by atoms with Gasteiger partial charge < -0.3 is 10.3 Å². The average Bonchev–Trinajstić information content (AvgIpc) is 2.81. The number of nitrogens with two attached hydrogens (primary N) is 1. The third kappa shape index (κ3) is 3.63. The topological polar surface area (TPSA) is 30.9 Å². The van der Waals surface area contributed by atoms with Gasteiger partial charge in [0.2, 0.25) is 0 Å². The second-order valence-electron chi connectivity index (χ2n) is 6.13. The largest absolute Gasteiger partial charge is 0.347 e. The van der Waals surface area contributed by atoms with Gasteiger partial charge in [0.25, 0.3) is 0 Å². The molecule has 0 spiro atoms. The first-order chi connectivity index (χ1) is 9.63. The smallest absolute Gasteiger partial charge is 0.0483 e. The lowest BCUT2D eigenvalue weighted by molar-refractivity contribution is 0.453. The summed E-state index contributed by atoms with van der Waals surface area (Å²) < 4.78 is 2.40. The number of rotatable bonds is 7. The lowest BCUT2D eigenvalue weighted by Crippen LogP contribution is -2.21. The minimum atomic E-state index is 0.273. The van der Waals surface area contributed by atoms with E-state index >= 15 is 0 Å². The van der Waals surface area contributed by atoms with Gasteiger partial charge in [0.1, 0.15) is 0 Å². The number of hydrogen-bond donors (Lipinski definition) is 1. The van der Waals surface area contributed by atoms with E-state index in [1.54, 1.807) is 0 Å². The first-order valence-corrected chi connectivity index (χ1v) is 7.97. The maximum atomic E-state index is 6.08. The highest BCUT2D eigenvalue weighted by Crippen LogP contribution is 2.21. The van der Waals surface area contributed by atoms with Crippen molar-refractivity contribution in [1.29, 1.82) is 0 Å². The van der Waals surface area contributed by atoms with Gasteiger partial charge in [-0.25, -0.2) is 0 Å². The average molecular weight is 272 g/mol. The lowest BCUT2D eigenvalue weighted by atomic mass is 10.0. The van der Waals surface area contributed by atoms with Crippen LogP contribution in [0.15, 0.2) is 30.5 Å². The van der Waals surface area contributed by atoms with Gasteiger partial charge in [-0.1, -0.05) is 39.3 Å². The molecule has 0 aliphatic heterocycles. The Balaban J connectivity index is 2.21. The Kier molecular flexibility index (Phi) is 5.24. The molecule has 0 bridgehead atoms. The van der Waals surface area contributed by atoms with E-state index < -0.39 is 0 Å². The summed E-state index contributed by atoms with van der Waals surface area (Å²) in [6.45, 7) is 7.86. The summed E-state index contributed by atoms with van der Waals surface area (Å²) in [5.41, 5.74) is 8.79. The Bertz CT molecular complexity index is 541. The molecule has 2 heteroatoms. The molecule has 0 fully saturated rings. The van der Waals surface area contributed by atoms with Gasteiger partial charge in [0.15, 0.2) is 0 Å². The van der Waals surface area contributed by atoms with Gasteiger partial charge >= 0.3 is 0 Å². The molecule has 1 aromatic heterocycles. The summed E-state index contributed by atoms with van der Waals surface area (Å²) in [5.74, 6) is 0.733. The molecule has 2 unspecified atom stereocenters. The second-order valence-corrected chi connectivity index (χ2v) is 6.13. The van der Waals surface area contributed by atoms with Gasteiger partial charge in [0.05, 0.1) is 0 Å². The highest BCUT2D eigenvalue weighted by molar-refractivity contribution is 5.80.